The lowest BCUT2D eigenvalue weighted by molar-refractivity contribution is 0.758. The molecule has 0 aliphatic rings. The predicted molar refractivity (Wildman–Crippen MR) is 58.0 cm³/mol. The Hall–Kier alpha value is -0.720. The second kappa shape index (κ2) is 5.85. The molecule has 1 aromatic heterocycles. The van der Waals surface area contributed by atoms with E-state index in [0.29, 0.717) is 0 Å². The van der Waals surface area contributed by atoms with E-state index in [1.54, 1.807) is 0 Å². The van der Waals surface area contributed by atoms with Crippen LogP contribution in [0.4, 0.5) is 0 Å². The van der Waals surface area contributed by atoms with Gasteiger partial charge < -0.3 is 4.98 Å². The summed E-state index contributed by atoms with van der Waals surface area (Å²) in [5.41, 5.74) is 2.82. The van der Waals surface area contributed by atoms with Crippen LogP contribution in [0.5, 0.6) is 0 Å². The first-order valence-electron chi connectivity index (χ1n) is 5.53. The van der Waals surface area contributed by atoms with Crippen molar-refractivity contribution in [1.29, 1.82) is 0 Å². The minimum atomic E-state index is 1.21. The molecule has 1 heteroatoms. The third-order valence-electron chi connectivity index (χ3n) is 2.41. The summed E-state index contributed by atoms with van der Waals surface area (Å²) >= 11 is 0. The third-order valence-corrected chi connectivity index (χ3v) is 2.41. The maximum Gasteiger partial charge on any atom is 0.0149 e. The van der Waals surface area contributed by atoms with Gasteiger partial charge >= 0.3 is 0 Å². The standard InChI is InChI=1S/C12H21N/c1-3-5-7-11-9-10-12(13-11)8-6-4-2/h9-10,13H,3-8H2,1-2H3. The molecule has 0 bridgehead atoms. The number of hydrogen-bond acceptors (Lipinski definition) is 0. The van der Waals surface area contributed by atoms with Crippen molar-refractivity contribution in [2.45, 2.75) is 52.4 Å². The number of aryl methyl sites for hydroxylation is 2. The Morgan fingerprint density at radius 1 is 0.923 bits per heavy atom. The van der Waals surface area contributed by atoms with Gasteiger partial charge in [-0.15, -0.1) is 0 Å². The zero-order valence-electron chi connectivity index (χ0n) is 8.90. The highest BCUT2D eigenvalue weighted by Crippen LogP contribution is 2.08. The van der Waals surface area contributed by atoms with E-state index in [1.807, 2.05) is 0 Å². The molecule has 1 nitrogen and oxygen atoms in total. The number of hydrogen-bond donors (Lipinski definition) is 1. The lowest BCUT2D eigenvalue weighted by Crippen LogP contribution is -1.87. The van der Waals surface area contributed by atoms with Crippen LogP contribution >= 0.6 is 0 Å². The Morgan fingerprint density at radius 2 is 1.38 bits per heavy atom. The number of aromatic amines is 1. The van der Waals surface area contributed by atoms with E-state index >= 15 is 0 Å². The molecule has 13 heavy (non-hydrogen) atoms. The molecule has 1 N–H and O–H groups in total. The van der Waals surface area contributed by atoms with Gasteiger partial charge in [-0.05, 0) is 37.8 Å². The quantitative estimate of drug-likeness (QED) is 0.685. The fourth-order valence-electron chi connectivity index (χ4n) is 1.52. The van der Waals surface area contributed by atoms with Crippen LogP contribution in [-0.2, 0) is 12.8 Å². The normalized spacial score (nSPS) is 10.6. The smallest absolute Gasteiger partial charge is 0.0149 e. The van der Waals surface area contributed by atoms with Crippen LogP contribution in [-0.4, -0.2) is 4.98 Å². The minimum absolute atomic E-state index is 1.21. The lowest BCUT2D eigenvalue weighted by atomic mass is 10.2. The first kappa shape index (κ1) is 10.4. The zero-order chi connectivity index (χ0) is 9.52. The van der Waals surface area contributed by atoms with E-state index in [9.17, 15) is 0 Å². The number of aromatic nitrogens is 1. The lowest BCUT2D eigenvalue weighted by Gasteiger charge is -1.96. The van der Waals surface area contributed by atoms with Crippen molar-refractivity contribution in [3.05, 3.63) is 23.5 Å². The Labute approximate surface area is 81.6 Å². The van der Waals surface area contributed by atoms with Gasteiger partial charge in [-0.1, -0.05) is 26.7 Å². The molecule has 0 aromatic carbocycles. The molecule has 0 spiro atoms. The first-order chi connectivity index (χ1) is 6.36. The van der Waals surface area contributed by atoms with Crippen LogP contribution < -0.4 is 0 Å². The molecule has 0 fully saturated rings. The highest BCUT2D eigenvalue weighted by Gasteiger charge is 1.97. The highest BCUT2D eigenvalue weighted by molar-refractivity contribution is 5.13. The van der Waals surface area contributed by atoms with Crippen molar-refractivity contribution in [3.63, 3.8) is 0 Å². The van der Waals surface area contributed by atoms with Crippen molar-refractivity contribution < 1.29 is 0 Å². The van der Waals surface area contributed by atoms with Gasteiger partial charge in [0.25, 0.3) is 0 Å². The van der Waals surface area contributed by atoms with Crippen LogP contribution in [0, 0.1) is 0 Å². The monoisotopic (exact) mass is 179 g/mol. The third kappa shape index (κ3) is 3.67. The molecule has 1 aromatic rings. The second-order valence-electron chi connectivity index (χ2n) is 3.72. The van der Waals surface area contributed by atoms with Crippen molar-refractivity contribution in [3.8, 4) is 0 Å². The van der Waals surface area contributed by atoms with E-state index in [-0.39, 0.29) is 0 Å². The average Bonchev–Trinajstić information content (AvgIpc) is 2.59. The van der Waals surface area contributed by atoms with Gasteiger partial charge in [-0.2, -0.15) is 0 Å². The van der Waals surface area contributed by atoms with Crippen LogP contribution in [0.1, 0.15) is 50.9 Å². The van der Waals surface area contributed by atoms with Crippen LogP contribution in [0.2, 0.25) is 0 Å². The number of H-pyrrole nitrogens is 1. The fourth-order valence-corrected chi connectivity index (χ4v) is 1.52. The number of rotatable bonds is 6. The molecule has 0 saturated heterocycles. The topological polar surface area (TPSA) is 15.8 Å². The molecular formula is C12H21N. The maximum atomic E-state index is 3.48. The maximum absolute atomic E-state index is 3.48. The molecule has 1 heterocycles. The van der Waals surface area contributed by atoms with E-state index in [4.69, 9.17) is 0 Å². The van der Waals surface area contributed by atoms with E-state index in [1.165, 1.54) is 49.9 Å². The van der Waals surface area contributed by atoms with E-state index in [2.05, 4.69) is 31.0 Å². The van der Waals surface area contributed by atoms with Crippen LogP contribution in [0.15, 0.2) is 12.1 Å². The largest absolute Gasteiger partial charge is 0.362 e. The number of nitrogens with one attached hydrogen (secondary N) is 1. The summed E-state index contributed by atoms with van der Waals surface area (Å²) in [7, 11) is 0. The second-order valence-corrected chi connectivity index (χ2v) is 3.72. The molecule has 74 valence electrons. The number of unbranched alkanes of at least 4 members (excludes halogenated alkanes) is 2. The molecule has 0 atom stereocenters. The molecule has 1 rings (SSSR count). The van der Waals surface area contributed by atoms with Crippen LogP contribution in [0.3, 0.4) is 0 Å². The molecule has 0 radical (unpaired) electrons. The average molecular weight is 179 g/mol. The van der Waals surface area contributed by atoms with Crippen molar-refractivity contribution in [2.75, 3.05) is 0 Å². The Balaban J connectivity index is 2.34. The molecule has 0 saturated carbocycles. The molecule has 0 unspecified atom stereocenters. The SMILES string of the molecule is CCCCc1ccc(CCCC)[nH]1. The fraction of sp³-hybridized carbons (Fsp3) is 0.667. The molecule has 0 aliphatic heterocycles. The summed E-state index contributed by atoms with van der Waals surface area (Å²) in [5, 5.41) is 0. The van der Waals surface area contributed by atoms with Crippen molar-refractivity contribution in [1.82, 2.24) is 4.98 Å². The summed E-state index contributed by atoms with van der Waals surface area (Å²) in [6, 6.07) is 4.47. The molecular weight excluding hydrogens is 158 g/mol. The van der Waals surface area contributed by atoms with E-state index in [0.717, 1.165) is 0 Å². The Kier molecular flexibility index (Phi) is 4.66. The van der Waals surface area contributed by atoms with Crippen molar-refractivity contribution in [2.24, 2.45) is 0 Å². The summed E-state index contributed by atoms with van der Waals surface area (Å²) in [6.07, 6.45) is 7.58. The van der Waals surface area contributed by atoms with Crippen molar-refractivity contribution >= 4 is 0 Å². The van der Waals surface area contributed by atoms with Gasteiger partial charge in [-0.25, -0.2) is 0 Å². The first-order valence-corrected chi connectivity index (χ1v) is 5.53. The Morgan fingerprint density at radius 3 is 1.77 bits per heavy atom. The summed E-state index contributed by atoms with van der Waals surface area (Å²) in [6.45, 7) is 4.47. The van der Waals surface area contributed by atoms with Gasteiger partial charge in [0, 0.05) is 11.4 Å². The molecule has 0 aliphatic carbocycles. The van der Waals surface area contributed by atoms with Gasteiger partial charge in [0.05, 0.1) is 0 Å². The van der Waals surface area contributed by atoms with Gasteiger partial charge in [0.2, 0.25) is 0 Å². The Bertz CT molecular complexity index is 202. The predicted octanol–water partition coefficient (Wildman–Crippen LogP) is 3.70. The van der Waals surface area contributed by atoms with Crippen LogP contribution in [0.25, 0.3) is 0 Å². The summed E-state index contributed by atoms with van der Waals surface area (Å²) in [4.78, 5) is 3.48. The summed E-state index contributed by atoms with van der Waals surface area (Å²) < 4.78 is 0. The minimum Gasteiger partial charge on any atom is -0.362 e. The van der Waals surface area contributed by atoms with Gasteiger partial charge in [-0.3, -0.25) is 0 Å². The van der Waals surface area contributed by atoms with Gasteiger partial charge in [0.1, 0.15) is 0 Å². The summed E-state index contributed by atoms with van der Waals surface area (Å²) in [5.74, 6) is 0. The molecule has 0 amide bonds. The van der Waals surface area contributed by atoms with E-state index < -0.39 is 0 Å². The van der Waals surface area contributed by atoms with Gasteiger partial charge in [0.15, 0.2) is 0 Å². The zero-order valence-corrected chi connectivity index (χ0v) is 8.90. The highest BCUT2D eigenvalue weighted by atomic mass is 14.7.